The average Bonchev–Trinajstić information content (AvgIpc) is 2.90. The molecule has 0 aliphatic heterocycles. The first-order valence-electron chi connectivity index (χ1n) is 16.0. The number of hydrogen-bond donors (Lipinski definition) is 4. The van der Waals surface area contributed by atoms with Gasteiger partial charge < -0.3 is 40.2 Å². The number of ether oxygens (including phenoxy) is 4. The van der Waals surface area contributed by atoms with E-state index in [9.17, 15) is 24.0 Å². The van der Waals surface area contributed by atoms with Crippen LogP contribution in [0.5, 0.6) is 0 Å². The fourth-order valence-electron chi connectivity index (χ4n) is 7.54. The maximum absolute atomic E-state index is 12.6. The maximum Gasteiger partial charge on any atom is 0.407 e. The van der Waals surface area contributed by atoms with E-state index in [4.69, 9.17) is 18.9 Å². The van der Waals surface area contributed by atoms with Gasteiger partial charge in [-0.2, -0.15) is 0 Å². The van der Waals surface area contributed by atoms with E-state index in [1.165, 1.54) is 14.0 Å². The summed E-state index contributed by atoms with van der Waals surface area (Å²) in [5.74, 6) is -0.770. The summed E-state index contributed by atoms with van der Waals surface area (Å²) < 4.78 is 20.2. The summed E-state index contributed by atoms with van der Waals surface area (Å²) in [6.07, 6.45) is 2.97. The average molecular weight is 653 g/mol. The Hall–Kier alpha value is -3.51. The van der Waals surface area contributed by atoms with Crippen LogP contribution in [0.15, 0.2) is 12.2 Å². The van der Waals surface area contributed by atoms with Gasteiger partial charge in [-0.25, -0.2) is 19.2 Å². The van der Waals surface area contributed by atoms with Gasteiger partial charge in [0.2, 0.25) is 5.91 Å². The number of alkyl carbamates (subject to hydrolysis) is 3. The van der Waals surface area contributed by atoms with Crippen LogP contribution in [-0.2, 0) is 28.5 Å². The molecule has 0 radical (unpaired) electrons. The second kappa shape index (κ2) is 16.4. The van der Waals surface area contributed by atoms with Crippen molar-refractivity contribution in [3.8, 4) is 0 Å². The zero-order valence-corrected chi connectivity index (χ0v) is 29.0. The third-order valence-corrected chi connectivity index (χ3v) is 8.55. The van der Waals surface area contributed by atoms with Gasteiger partial charge in [-0.1, -0.05) is 48.1 Å². The fourth-order valence-corrected chi connectivity index (χ4v) is 7.54. The lowest BCUT2D eigenvalue weighted by molar-refractivity contribution is -0.140. The quantitative estimate of drug-likeness (QED) is 0.0962. The summed E-state index contributed by atoms with van der Waals surface area (Å²) in [4.78, 5) is 60.7. The van der Waals surface area contributed by atoms with Crippen molar-refractivity contribution < 1.29 is 42.9 Å². The molecule has 2 rings (SSSR count). The Bertz CT molecular complexity index is 1120. The number of methoxy groups -OCH3 is 1. The van der Waals surface area contributed by atoms with Crippen molar-refractivity contribution in [2.24, 2.45) is 21.7 Å². The first-order valence-corrected chi connectivity index (χ1v) is 16.0. The predicted octanol–water partition coefficient (Wildman–Crippen LogP) is 4.59. The first kappa shape index (κ1) is 38.7. The van der Waals surface area contributed by atoms with Crippen molar-refractivity contribution in [3.05, 3.63) is 12.2 Å². The third-order valence-electron chi connectivity index (χ3n) is 8.55. The molecule has 2 aliphatic carbocycles. The first-order chi connectivity index (χ1) is 21.2. The summed E-state index contributed by atoms with van der Waals surface area (Å²) in [7, 11) is 1.34. The lowest BCUT2D eigenvalue weighted by Crippen LogP contribution is -2.50. The number of rotatable bonds is 13. The van der Waals surface area contributed by atoms with Crippen molar-refractivity contribution in [1.29, 1.82) is 0 Å². The molecule has 13 heteroatoms. The van der Waals surface area contributed by atoms with E-state index in [1.54, 1.807) is 0 Å². The van der Waals surface area contributed by atoms with Gasteiger partial charge in [0, 0.05) is 30.7 Å². The molecule has 0 aromatic rings. The lowest BCUT2D eigenvalue weighted by Gasteiger charge is -2.46. The van der Waals surface area contributed by atoms with Gasteiger partial charge in [0.1, 0.15) is 19.8 Å². The summed E-state index contributed by atoms with van der Waals surface area (Å²) in [5, 5.41) is 11.6. The lowest BCUT2D eigenvalue weighted by atomic mass is 9.62. The predicted molar refractivity (Wildman–Crippen MR) is 172 cm³/mol. The topological polar surface area (TPSA) is 170 Å². The molecule has 13 nitrogen and oxygen atoms in total. The van der Waals surface area contributed by atoms with Crippen molar-refractivity contribution >= 4 is 30.2 Å². The Labute approximate surface area is 273 Å². The molecular formula is C33H56N4O9. The van der Waals surface area contributed by atoms with E-state index < -0.39 is 24.2 Å². The molecule has 46 heavy (non-hydrogen) atoms. The number of amides is 4. The van der Waals surface area contributed by atoms with Gasteiger partial charge >= 0.3 is 24.2 Å². The van der Waals surface area contributed by atoms with Gasteiger partial charge in [0.05, 0.1) is 13.5 Å². The number of carbonyl (C=O) groups is 5. The molecule has 0 bridgehead atoms. The van der Waals surface area contributed by atoms with Crippen LogP contribution in [0.25, 0.3) is 0 Å². The van der Waals surface area contributed by atoms with Crippen LogP contribution in [0.2, 0.25) is 0 Å². The molecule has 4 atom stereocenters. The SMILES string of the molecule is C=C(C)C(=O)OCCOC(=O)NC1CC(C)(C)CC(C)(CNC(=O)CCOC(=O)NCC2(C)CC(NC(=O)OC)CC(C)(C)C2)C1. The molecule has 0 spiro atoms. The monoisotopic (exact) mass is 652 g/mol. The zero-order chi connectivity index (χ0) is 34.8. The molecule has 0 aromatic heterocycles. The summed E-state index contributed by atoms with van der Waals surface area (Å²) >= 11 is 0. The molecule has 2 fully saturated rings. The highest BCUT2D eigenvalue weighted by Crippen LogP contribution is 2.46. The zero-order valence-electron chi connectivity index (χ0n) is 29.0. The highest BCUT2D eigenvalue weighted by atomic mass is 16.6. The van der Waals surface area contributed by atoms with Crippen LogP contribution in [0.3, 0.4) is 0 Å². The molecule has 2 saturated carbocycles. The van der Waals surface area contributed by atoms with Crippen LogP contribution < -0.4 is 21.3 Å². The maximum atomic E-state index is 12.6. The largest absolute Gasteiger partial charge is 0.459 e. The molecule has 262 valence electrons. The van der Waals surface area contributed by atoms with E-state index in [-0.39, 0.29) is 71.5 Å². The molecule has 4 unspecified atom stereocenters. The van der Waals surface area contributed by atoms with Crippen LogP contribution >= 0.6 is 0 Å². The summed E-state index contributed by atoms with van der Waals surface area (Å²) in [6.45, 7) is 18.3. The molecule has 4 amide bonds. The van der Waals surface area contributed by atoms with Crippen molar-refractivity contribution in [2.75, 3.05) is 40.0 Å². The molecule has 0 aromatic carbocycles. The summed E-state index contributed by atoms with van der Waals surface area (Å²) in [6, 6.07) is -0.226. The molecule has 0 heterocycles. The summed E-state index contributed by atoms with van der Waals surface area (Å²) in [5.41, 5.74) is -0.388. The molecule has 4 N–H and O–H groups in total. The second-order valence-corrected chi connectivity index (χ2v) is 15.4. The van der Waals surface area contributed by atoms with Gasteiger partial charge in [-0.15, -0.1) is 0 Å². The van der Waals surface area contributed by atoms with Gasteiger partial charge in [0.25, 0.3) is 0 Å². The molecular weight excluding hydrogens is 596 g/mol. The highest BCUT2D eigenvalue weighted by Gasteiger charge is 2.43. The van der Waals surface area contributed by atoms with Gasteiger partial charge in [0.15, 0.2) is 0 Å². The van der Waals surface area contributed by atoms with Crippen LogP contribution in [0.4, 0.5) is 14.4 Å². The molecule has 0 saturated heterocycles. The Balaban J connectivity index is 1.75. The number of nitrogens with one attached hydrogen (secondary N) is 4. The third kappa shape index (κ3) is 13.9. The highest BCUT2D eigenvalue weighted by molar-refractivity contribution is 5.86. The molecule has 2 aliphatic rings. The fraction of sp³-hybridized carbons (Fsp3) is 0.788. The van der Waals surface area contributed by atoms with E-state index in [0.717, 1.165) is 25.7 Å². The van der Waals surface area contributed by atoms with Crippen molar-refractivity contribution in [3.63, 3.8) is 0 Å². The van der Waals surface area contributed by atoms with Crippen molar-refractivity contribution in [2.45, 2.75) is 105 Å². The number of esters is 1. The van der Waals surface area contributed by atoms with E-state index >= 15 is 0 Å². The van der Waals surface area contributed by atoms with Crippen LogP contribution in [0.1, 0.15) is 93.4 Å². The normalized spacial score (nSPS) is 26.4. The number of carbonyl (C=O) groups excluding carboxylic acids is 5. The van der Waals surface area contributed by atoms with E-state index in [1.807, 2.05) is 0 Å². The van der Waals surface area contributed by atoms with Crippen molar-refractivity contribution in [1.82, 2.24) is 21.3 Å². The van der Waals surface area contributed by atoms with E-state index in [0.29, 0.717) is 25.9 Å². The number of hydrogen-bond acceptors (Lipinski definition) is 9. The minimum absolute atomic E-state index is 0.0201. The Kier molecular flexibility index (Phi) is 13.7. The minimum atomic E-state index is -0.592. The minimum Gasteiger partial charge on any atom is -0.459 e. The Morgan fingerprint density at radius 2 is 1.15 bits per heavy atom. The van der Waals surface area contributed by atoms with E-state index in [2.05, 4.69) is 69.4 Å². The van der Waals surface area contributed by atoms with Gasteiger partial charge in [-0.3, -0.25) is 4.79 Å². The smallest absolute Gasteiger partial charge is 0.407 e. The second-order valence-electron chi connectivity index (χ2n) is 15.4. The Morgan fingerprint density at radius 3 is 1.67 bits per heavy atom. The Morgan fingerprint density at radius 1 is 0.674 bits per heavy atom. The standard InChI is InChI=1S/C33H56N4O9/c1-22(2)26(39)44-12-13-46-29(42)37-24-15-31(5,6)18-32(7,17-24)20-34-25(38)10-11-45-27(40)35-21-33(8)16-23(36-28(41)43-9)14-30(3,4)19-33/h23-24H,1,10-21H2,2-9H3,(H,34,38)(H,35,40)(H,36,41)(H,37,42). The van der Waals surface area contributed by atoms with Crippen LogP contribution in [-0.4, -0.2) is 82.3 Å². The van der Waals surface area contributed by atoms with Gasteiger partial charge in [-0.05, 0) is 67.1 Å². The van der Waals surface area contributed by atoms with Crippen LogP contribution in [0, 0.1) is 21.7 Å².